The Morgan fingerprint density at radius 3 is 2.47 bits per heavy atom. The average molecular weight is 281 g/mol. The molecule has 0 unspecified atom stereocenters. The van der Waals surface area contributed by atoms with Gasteiger partial charge < -0.3 is 5.32 Å². The van der Waals surface area contributed by atoms with Gasteiger partial charge in [-0.05, 0) is 43.4 Å². The summed E-state index contributed by atoms with van der Waals surface area (Å²) in [5, 5.41) is 2.84. The maximum atomic E-state index is 12.8. The van der Waals surface area contributed by atoms with Crippen molar-refractivity contribution in [3.05, 3.63) is 48.4 Å². The lowest BCUT2D eigenvalue weighted by atomic mass is 10.3. The maximum Gasteiger partial charge on any atom is 0.243 e. The van der Waals surface area contributed by atoms with Gasteiger partial charge in [0.05, 0.1) is 0 Å². The van der Waals surface area contributed by atoms with Crippen molar-refractivity contribution in [2.24, 2.45) is 0 Å². The van der Waals surface area contributed by atoms with E-state index in [9.17, 15) is 12.8 Å². The van der Waals surface area contributed by atoms with Crippen LogP contribution in [0.3, 0.4) is 0 Å². The Hall–Kier alpha value is -1.99. The Bertz CT molecular complexity index is 672. The molecule has 0 atom stereocenters. The summed E-state index contributed by atoms with van der Waals surface area (Å²) < 4.78 is 38.7. The fourth-order valence-corrected chi connectivity index (χ4v) is 2.32. The average Bonchev–Trinajstić information content (AvgIpc) is 2.42. The number of benzene rings is 1. The number of rotatable bonds is 4. The van der Waals surface area contributed by atoms with Gasteiger partial charge in [-0.3, -0.25) is 0 Å². The van der Waals surface area contributed by atoms with Crippen LogP contribution in [0.25, 0.3) is 0 Å². The van der Waals surface area contributed by atoms with Crippen molar-refractivity contribution in [2.75, 3.05) is 12.4 Å². The second-order valence-electron chi connectivity index (χ2n) is 3.69. The van der Waals surface area contributed by atoms with Gasteiger partial charge in [-0.2, -0.15) is 0 Å². The lowest BCUT2D eigenvalue weighted by molar-refractivity contribution is 0.588. The number of sulfonamides is 1. The van der Waals surface area contributed by atoms with Gasteiger partial charge >= 0.3 is 0 Å². The molecule has 0 saturated carbocycles. The summed E-state index contributed by atoms with van der Waals surface area (Å²) in [6.45, 7) is 0. The zero-order valence-corrected chi connectivity index (χ0v) is 10.9. The Balaban J connectivity index is 2.38. The summed E-state index contributed by atoms with van der Waals surface area (Å²) in [5.41, 5.74) is 0.549. The Kier molecular flexibility index (Phi) is 3.77. The van der Waals surface area contributed by atoms with E-state index in [1.165, 1.54) is 49.6 Å². The van der Waals surface area contributed by atoms with E-state index in [2.05, 4.69) is 15.0 Å². The van der Waals surface area contributed by atoms with Gasteiger partial charge in [0.25, 0.3) is 0 Å². The van der Waals surface area contributed by atoms with Crippen LogP contribution in [-0.2, 0) is 10.0 Å². The SMILES string of the molecule is CNS(=O)(=O)c1cccnc1Nc1ccc(F)cc1. The predicted octanol–water partition coefficient (Wildman–Crippen LogP) is 1.87. The molecule has 0 saturated heterocycles. The first-order valence-electron chi connectivity index (χ1n) is 5.44. The minimum absolute atomic E-state index is 0.0295. The summed E-state index contributed by atoms with van der Waals surface area (Å²) in [6, 6.07) is 8.51. The lowest BCUT2D eigenvalue weighted by Crippen LogP contribution is -2.20. The topological polar surface area (TPSA) is 71.1 Å². The summed E-state index contributed by atoms with van der Waals surface area (Å²) in [5.74, 6) is -0.182. The van der Waals surface area contributed by atoms with Crippen LogP contribution in [0.4, 0.5) is 15.9 Å². The fourth-order valence-electron chi connectivity index (χ4n) is 1.48. The van der Waals surface area contributed by atoms with Crippen molar-refractivity contribution >= 4 is 21.5 Å². The minimum Gasteiger partial charge on any atom is -0.339 e. The Morgan fingerprint density at radius 1 is 1.16 bits per heavy atom. The third-order valence-electron chi connectivity index (χ3n) is 2.44. The molecule has 1 aromatic carbocycles. The molecule has 2 rings (SSSR count). The van der Waals surface area contributed by atoms with Crippen molar-refractivity contribution in [2.45, 2.75) is 4.90 Å². The monoisotopic (exact) mass is 281 g/mol. The van der Waals surface area contributed by atoms with Gasteiger partial charge in [0.2, 0.25) is 10.0 Å². The van der Waals surface area contributed by atoms with E-state index in [0.717, 1.165) is 0 Å². The van der Waals surface area contributed by atoms with E-state index in [0.29, 0.717) is 5.69 Å². The summed E-state index contributed by atoms with van der Waals surface area (Å²) in [6.07, 6.45) is 1.47. The van der Waals surface area contributed by atoms with Crippen LogP contribution in [0, 0.1) is 5.82 Å². The number of nitrogens with zero attached hydrogens (tertiary/aromatic N) is 1. The molecule has 1 aromatic heterocycles. The molecule has 2 N–H and O–H groups in total. The zero-order valence-electron chi connectivity index (χ0n) is 10.1. The highest BCUT2D eigenvalue weighted by atomic mass is 32.2. The molecular weight excluding hydrogens is 269 g/mol. The molecule has 0 aliphatic rings. The molecule has 2 aromatic rings. The Morgan fingerprint density at radius 2 is 1.84 bits per heavy atom. The van der Waals surface area contributed by atoms with Crippen LogP contribution in [-0.4, -0.2) is 20.4 Å². The van der Waals surface area contributed by atoms with Gasteiger partial charge in [-0.25, -0.2) is 22.5 Å². The van der Waals surface area contributed by atoms with Gasteiger partial charge in [0.1, 0.15) is 10.7 Å². The van der Waals surface area contributed by atoms with Crippen molar-refractivity contribution in [1.29, 1.82) is 0 Å². The molecule has 7 heteroatoms. The van der Waals surface area contributed by atoms with Gasteiger partial charge in [-0.15, -0.1) is 0 Å². The van der Waals surface area contributed by atoms with Gasteiger partial charge in [0, 0.05) is 11.9 Å². The first-order chi connectivity index (χ1) is 9.03. The van der Waals surface area contributed by atoms with Crippen LogP contribution in [0.1, 0.15) is 0 Å². The molecule has 0 radical (unpaired) electrons. The van der Waals surface area contributed by atoms with Crippen LogP contribution >= 0.6 is 0 Å². The molecule has 100 valence electrons. The summed E-state index contributed by atoms with van der Waals surface area (Å²) in [7, 11) is -2.28. The van der Waals surface area contributed by atoms with E-state index < -0.39 is 10.0 Å². The molecule has 1 heterocycles. The number of aromatic nitrogens is 1. The smallest absolute Gasteiger partial charge is 0.243 e. The van der Waals surface area contributed by atoms with Crippen molar-refractivity contribution < 1.29 is 12.8 Å². The van der Waals surface area contributed by atoms with Gasteiger partial charge in [0.15, 0.2) is 5.82 Å². The molecule has 0 bridgehead atoms. The van der Waals surface area contributed by atoms with E-state index in [1.807, 2.05) is 0 Å². The van der Waals surface area contributed by atoms with Crippen LogP contribution in [0.5, 0.6) is 0 Å². The van der Waals surface area contributed by atoms with E-state index >= 15 is 0 Å². The third kappa shape index (κ3) is 3.07. The predicted molar refractivity (Wildman–Crippen MR) is 70.2 cm³/mol. The number of hydrogen-bond acceptors (Lipinski definition) is 4. The van der Waals surface area contributed by atoms with E-state index in [4.69, 9.17) is 0 Å². The molecule has 0 aliphatic carbocycles. The van der Waals surface area contributed by atoms with Crippen molar-refractivity contribution in [3.8, 4) is 0 Å². The molecule has 0 spiro atoms. The molecule has 19 heavy (non-hydrogen) atoms. The van der Waals surface area contributed by atoms with Crippen LogP contribution in [0.15, 0.2) is 47.5 Å². The third-order valence-corrected chi connectivity index (χ3v) is 3.88. The quantitative estimate of drug-likeness (QED) is 0.897. The van der Waals surface area contributed by atoms with E-state index in [1.54, 1.807) is 0 Å². The molecule has 0 aliphatic heterocycles. The van der Waals surface area contributed by atoms with Gasteiger partial charge in [-0.1, -0.05) is 0 Å². The van der Waals surface area contributed by atoms with Crippen molar-refractivity contribution in [1.82, 2.24) is 9.71 Å². The Labute approximate surface area is 110 Å². The fraction of sp³-hybridized carbons (Fsp3) is 0.0833. The summed E-state index contributed by atoms with van der Waals surface area (Å²) in [4.78, 5) is 4.02. The maximum absolute atomic E-state index is 12.8. The number of nitrogens with one attached hydrogen (secondary N) is 2. The molecule has 5 nitrogen and oxygen atoms in total. The summed E-state index contributed by atoms with van der Waals surface area (Å²) >= 11 is 0. The van der Waals surface area contributed by atoms with Crippen LogP contribution in [0.2, 0.25) is 0 Å². The van der Waals surface area contributed by atoms with E-state index in [-0.39, 0.29) is 16.5 Å². The van der Waals surface area contributed by atoms with Crippen LogP contribution < -0.4 is 10.0 Å². The number of halogens is 1. The normalized spacial score (nSPS) is 11.3. The zero-order chi connectivity index (χ0) is 13.9. The number of hydrogen-bond donors (Lipinski definition) is 2. The second-order valence-corrected chi connectivity index (χ2v) is 5.54. The molecule has 0 amide bonds. The standard InChI is InChI=1S/C12H12FN3O2S/c1-14-19(17,18)11-3-2-8-15-12(11)16-10-6-4-9(13)5-7-10/h2-8,14H,1H3,(H,15,16). The first kappa shape index (κ1) is 13.4. The first-order valence-corrected chi connectivity index (χ1v) is 6.92. The van der Waals surface area contributed by atoms with Crippen molar-refractivity contribution in [3.63, 3.8) is 0 Å². The molecule has 0 fully saturated rings. The minimum atomic E-state index is -3.61. The largest absolute Gasteiger partial charge is 0.339 e. The lowest BCUT2D eigenvalue weighted by Gasteiger charge is -2.10. The highest BCUT2D eigenvalue weighted by Gasteiger charge is 2.17. The highest BCUT2D eigenvalue weighted by Crippen LogP contribution is 2.22. The number of pyridine rings is 1. The highest BCUT2D eigenvalue weighted by molar-refractivity contribution is 7.89. The second kappa shape index (κ2) is 5.33. The molecular formula is C12H12FN3O2S. The number of anilines is 2.